The SMILES string of the molecule is CCCCCC/C=C\COC(=O)CCCCCCCC(CCCCCCCC(=O)OC/C=C\CCCCCC)CC(=O)NCC. The summed E-state index contributed by atoms with van der Waals surface area (Å²) in [5.41, 5.74) is 0. The van der Waals surface area contributed by atoms with Crippen molar-refractivity contribution in [2.45, 2.75) is 181 Å². The van der Waals surface area contributed by atoms with Crippen molar-refractivity contribution < 1.29 is 23.9 Å². The van der Waals surface area contributed by atoms with Crippen LogP contribution in [0.2, 0.25) is 0 Å². The first kappa shape index (κ1) is 42.9. The van der Waals surface area contributed by atoms with E-state index >= 15 is 0 Å². The quantitative estimate of drug-likeness (QED) is 0.0442. The number of rotatable bonds is 33. The van der Waals surface area contributed by atoms with Gasteiger partial charge in [-0.05, 0) is 64.2 Å². The smallest absolute Gasteiger partial charge is 0.306 e. The molecule has 0 aliphatic heterocycles. The van der Waals surface area contributed by atoms with Gasteiger partial charge in [0, 0.05) is 25.8 Å². The molecule has 0 spiro atoms. The Kier molecular flexibility index (Phi) is 33.1. The van der Waals surface area contributed by atoms with Gasteiger partial charge in [0.05, 0.1) is 0 Å². The zero-order valence-electron chi connectivity index (χ0n) is 29.7. The summed E-state index contributed by atoms with van der Waals surface area (Å²) >= 11 is 0. The number of unbranched alkanes of at least 4 members (excludes halogenated alkanes) is 16. The van der Waals surface area contributed by atoms with E-state index in [9.17, 15) is 14.4 Å². The van der Waals surface area contributed by atoms with Crippen LogP contribution in [0.4, 0.5) is 0 Å². The molecule has 0 unspecified atom stereocenters. The molecule has 0 aromatic carbocycles. The largest absolute Gasteiger partial charge is 0.461 e. The van der Waals surface area contributed by atoms with Crippen LogP contribution in [0.15, 0.2) is 24.3 Å². The van der Waals surface area contributed by atoms with E-state index < -0.39 is 0 Å². The van der Waals surface area contributed by atoms with E-state index in [1.165, 1.54) is 51.4 Å². The number of ether oxygens (including phenoxy) is 2. The van der Waals surface area contributed by atoms with Crippen molar-refractivity contribution in [3.05, 3.63) is 24.3 Å². The minimum absolute atomic E-state index is 0.0937. The van der Waals surface area contributed by atoms with E-state index in [1.807, 2.05) is 19.1 Å². The number of carbonyl (C=O) groups is 3. The van der Waals surface area contributed by atoms with Crippen molar-refractivity contribution in [3.8, 4) is 0 Å². The van der Waals surface area contributed by atoms with Gasteiger partial charge in [0.1, 0.15) is 13.2 Å². The second kappa shape index (κ2) is 34.8. The molecule has 0 bridgehead atoms. The molecule has 0 aliphatic carbocycles. The average molecular weight is 634 g/mol. The summed E-state index contributed by atoms with van der Waals surface area (Å²) in [6, 6.07) is 0. The van der Waals surface area contributed by atoms with Crippen molar-refractivity contribution >= 4 is 17.8 Å². The summed E-state index contributed by atoms with van der Waals surface area (Å²) in [5.74, 6) is 0.408. The lowest BCUT2D eigenvalue weighted by Crippen LogP contribution is -2.25. The first-order valence-electron chi connectivity index (χ1n) is 18.9. The molecule has 1 N–H and O–H groups in total. The fourth-order valence-electron chi connectivity index (χ4n) is 5.52. The fraction of sp³-hybridized carbons (Fsp3) is 0.821. The molecule has 0 radical (unpaired) electrons. The van der Waals surface area contributed by atoms with Gasteiger partial charge in [0.15, 0.2) is 0 Å². The highest BCUT2D eigenvalue weighted by Crippen LogP contribution is 2.22. The third-order valence-corrected chi connectivity index (χ3v) is 8.30. The number of allylic oxidation sites excluding steroid dienone is 2. The Labute approximate surface area is 277 Å². The first-order valence-corrected chi connectivity index (χ1v) is 18.9. The lowest BCUT2D eigenvalue weighted by Gasteiger charge is -2.16. The second-order valence-corrected chi connectivity index (χ2v) is 12.6. The van der Waals surface area contributed by atoms with Crippen molar-refractivity contribution in [1.29, 1.82) is 0 Å². The lowest BCUT2D eigenvalue weighted by atomic mass is 9.91. The molecule has 0 aliphatic rings. The molecule has 0 aromatic heterocycles. The summed E-state index contributed by atoms with van der Waals surface area (Å²) in [5, 5.41) is 2.96. The summed E-state index contributed by atoms with van der Waals surface area (Å²) < 4.78 is 10.6. The van der Waals surface area contributed by atoms with Crippen LogP contribution >= 0.6 is 0 Å². The normalized spacial score (nSPS) is 11.6. The van der Waals surface area contributed by atoms with Crippen LogP contribution in [0.25, 0.3) is 0 Å². The molecule has 0 saturated carbocycles. The number of amides is 1. The molecule has 0 heterocycles. The van der Waals surface area contributed by atoms with E-state index in [0.717, 1.165) is 89.9 Å². The highest BCUT2D eigenvalue weighted by Gasteiger charge is 2.13. The standard InChI is InChI=1S/C39H71NO5/c1-4-7-9-11-13-21-27-33-44-38(42)31-25-19-15-17-23-29-36(35-37(41)40-6-3)30-24-18-16-20-26-32-39(43)45-34-28-22-14-12-10-8-5-2/h21-22,27-28,36H,4-20,23-26,29-35H2,1-3H3,(H,40,41)/b27-21-,28-22-. The molecule has 0 saturated heterocycles. The summed E-state index contributed by atoms with van der Waals surface area (Å²) in [7, 11) is 0. The maximum absolute atomic E-state index is 12.3. The van der Waals surface area contributed by atoms with Crippen LogP contribution < -0.4 is 5.32 Å². The average Bonchev–Trinajstić information content (AvgIpc) is 3.02. The first-order chi connectivity index (χ1) is 22.0. The highest BCUT2D eigenvalue weighted by molar-refractivity contribution is 5.76. The van der Waals surface area contributed by atoms with Gasteiger partial charge < -0.3 is 14.8 Å². The molecule has 0 atom stereocenters. The maximum Gasteiger partial charge on any atom is 0.306 e. The Hall–Kier alpha value is -2.11. The number of esters is 2. The van der Waals surface area contributed by atoms with Gasteiger partial charge in [-0.1, -0.05) is 128 Å². The predicted molar refractivity (Wildman–Crippen MR) is 189 cm³/mol. The van der Waals surface area contributed by atoms with Crippen molar-refractivity contribution in [3.63, 3.8) is 0 Å². The molecule has 6 nitrogen and oxygen atoms in total. The monoisotopic (exact) mass is 634 g/mol. The van der Waals surface area contributed by atoms with Crippen LogP contribution in [-0.4, -0.2) is 37.6 Å². The number of carbonyl (C=O) groups excluding carboxylic acids is 3. The highest BCUT2D eigenvalue weighted by atomic mass is 16.5. The Morgan fingerprint density at radius 1 is 0.533 bits per heavy atom. The number of hydrogen-bond donors (Lipinski definition) is 1. The van der Waals surface area contributed by atoms with Gasteiger partial charge in [0.2, 0.25) is 5.91 Å². The minimum Gasteiger partial charge on any atom is -0.461 e. The van der Waals surface area contributed by atoms with Crippen molar-refractivity contribution in [2.75, 3.05) is 19.8 Å². The second-order valence-electron chi connectivity index (χ2n) is 12.6. The number of hydrogen-bond acceptors (Lipinski definition) is 5. The third-order valence-electron chi connectivity index (χ3n) is 8.30. The minimum atomic E-state index is -0.0937. The predicted octanol–water partition coefficient (Wildman–Crippen LogP) is 10.7. The fourth-order valence-corrected chi connectivity index (χ4v) is 5.52. The van der Waals surface area contributed by atoms with Crippen LogP contribution in [0, 0.1) is 5.92 Å². The number of nitrogens with one attached hydrogen (secondary N) is 1. The molecular formula is C39H71NO5. The Morgan fingerprint density at radius 2 is 0.956 bits per heavy atom. The van der Waals surface area contributed by atoms with Crippen LogP contribution in [0.1, 0.15) is 181 Å². The molecule has 45 heavy (non-hydrogen) atoms. The van der Waals surface area contributed by atoms with E-state index in [1.54, 1.807) is 0 Å². The molecule has 6 heteroatoms. The van der Waals surface area contributed by atoms with Gasteiger partial charge in [-0.2, -0.15) is 0 Å². The van der Waals surface area contributed by atoms with Crippen LogP contribution in [0.3, 0.4) is 0 Å². The Morgan fingerprint density at radius 3 is 1.40 bits per heavy atom. The van der Waals surface area contributed by atoms with E-state index in [-0.39, 0.29) is 17.8 Å². The third kappa shape index (κ3) is 33.1. The summed E-state index contributed by atoms with van der Waals surface area (Å²) in [6.07, 6.45) is 34.8. The topological polar surface area (TPSA) is 81.7 Å². The molecule has 0 rings (SSSR count). The van der Waals surface area contributed by atoms with Gasteiger partial charge in [0.25, 0.3) is 0 Å². The molecule has 0 fully saturated rings. The summed E-state index contributed by atoms with van der Waals surface area (Å²) in [4.78, 5) is 36.1. The van der Waals surface area contributed by atoms with Gasteiger partial charge >= 0.3 is 11.9 Å². The van der Waals surface area contributed by atoms with Gasteiger partial charge in [-0.3, -0.25) is 14.4 Å². The van der Waals surface area contributed by atoms with E-state index in [0.29, 0.717) is 44.9 Å². The lowest BCUT2D eigenvalue weighted by molar-refractivity contribution is -0.143. The molecule has 0 aromatic rings. The van der Waals surface area contributed by atoms with Crippen molar-refractivity contribution in [1.82, 2.24) is 5.32 Å². The zero-order valence-corrected chi connectivity index (χ0v) is 29.7. The van der Waals surface area contributed by atoms with Crippen LogP contribution in [0.5, 0.6) is 0 Å². The van der Waals surface area contributed by atoms with Crippen molar-refractivity contribution in [2.24, 2.45) is 5.92 Å². The summed E-state index contributed by atoms with van der Waals surface area (Å²) in [6.45, 7) is 7.87. The van der Waals surface area contributed by atoms with Crippen LogP contribution in [-0.2, 0) is 23.9 Å². The Bertz CT molecular complexity index is 696. The molecule has 262 valence electrons. The molecule has 1 amide bonds. The Balaban J connectivity index is 3.91. The zero-order chi connectivity index (χ0) is 33.1. The van der Waals surface area contributed by atoms with Gasteiger partial charge in [-0.15, -0.1) is 0 Å². The van der Waals surface area contributed by atoms with E-state index in [2.05, 4.69) is 31.3 Å². The maximum atomic E-state index is 12.3. The molecular weight excluding hydrogens is 562 g/mol. The van der Waals surface area contributed by atoms with Gasteiger partial charge in [-0.25, -0.2) is 0 Å². The van der Waals surface area contributed by atoms with E-state index in [4.69, 9.17) is 9.47 Å².